The Hall–Kier alpha value is -4.42. The molecule has 0 fully saturated rings. The van der Waals surface area contributed by atoms with E-state index in [1.54, 1.807) is 38.1 Å². The number of pyridine rings is 1. The molecule has 0 aliphatic rings. The molecule has 0 aliphatic heterocycles. The summed E-state index contributed by atoms with van der Waals surface area (Å²) >= 11 is 6.03. The molecule has 2 aromatic carbocycles. The lowest BCUT2D eigenvalue weighted by Gasteiger charge is -2.11. The van der Waals surface area contributed by atoms with Crippen LogP contribution in [-0.2, 0) is 10.0 Å². The summed E-state index contributed by atoms with van der Waals surface area (Å²) < 4.78 is 46.8. The normalized spacial score (nSPS) is 11.6. The third-order valence-electron chi connectivity index (χ3n) is 5.97. The Morgan fingerprint density at radius 1 is 1.15 bits per heavy atom. The van der Waals surface area contributed by atoms with Gasteiger partial charge in [-0.3, -0.25) is 9.52 Å². The van der Waals surface area contributed by atoms with Gasteiger partial charge in [0.15, 0.2) is 11.6 Å². The minimum Gasteiger partial charge on any atom is -0.434 e. The molecule has 0 saturated carbocycles. The zero-order valence-electron chi connectivity index (χ0n) is 20.9. The van der Waals surface area contributed by atoms with Gasteiger partial charge in [-0.05, 0) is 55.3 Å². The second kappa shape index (κ2) is 9.71. The van der Waals surface area contributed by atoms with E-state index in [1.807, 2.05) is 0 Å². The molecule has 0 bridgehead atoms. The second-order valence-electron chi connectivity index (χ2n) is 8.96. The molecule has 0 saturated heterocycles. The molecule has 13 heteroatoms. The highest BCUT2D eigenvalue weighted by molar-refractivity contribution is 7.92. The summed E-state index contributed by atoms with van der Waals surface area (Å²) in [6.45, 7) is 3.53. The van der Waals surface area contributed by atoms with Gasteiger partial charge in [0.2, 0.25) is 21.7 Å². The maximum absolute atomic E-state index is 14.1. The molecule has 0 unspecified atom stereocenters. The summed E-state index contributed by atoms with van der Waals surface area (Å²) in [6, 6.07) is 10.8. The van der Waals surface area contributed by atoms with Gasteiger partial charge in [0, 0.05) is 17.0 Å². The van der Waals surface area contributed by atoms with Crippen LogP contribution in [0.3, 0.4) is 0 Å². The highest BCUT2D eigenvalue weighted by Crippen LogP contribution is 2.32. The summed E-state index contributed by atoms with van der Waals surface area (Å²) in [7, 11) is -3.47. The lowest BCUT2D eigenvalue weighted by Crippen LogP contribution is -2.10. The number of carbonyl (C=O) groups excluding carboxylic acids is 1. The average Bonchev–Trinajstić information content (AvgIpc) is 3.44. The molecule has 0 amide bonds. The van der Waals surface area contributed by atoms with Crippen molar-refractivity contribution in [2.45, 2.75) is 13.8 Å². The summed E-state index contributed by atoms with van der Waals surface area (Å²) in [5.41, 5.74) is 9.55. The average molecular weight is 569 g/mol. The number of nitrogens with two attached hydrogens (primary N) is 1. The van der Waals surface area contributed by atoms with E-state index in [1.165, 1.54) is 35.3 Å². The maximum Gasteiger partial charge on any atom is 0.229 e. The van der Waals surface area contributed by atoms with Gasteiger partial charge < -0.3 is 15.5 Å². The van der Waals surface area contributed by atoms with Crippen molar-refractivity contribution in [1.82, 2.24) is 19.7 Å². The van der Waals surface area contributed by atoms with Crippen molar-refractivity contribution in [1.29, 1.82) is 0 Å². The number of aromatic nitrogens is 4. The van der Waals surface area contributed by atoms with E-state index in [0.717, 1.165) is 11.6 Å². The van der Waals surface area contributed by atoms with Crippen molar-refractivity contribution in [3.05, 3.63) is 88.1 Å². The van der Waals surface area contributed by atoms with Gasteiger partial charge >= 0.3 is 0 Å². The minimum absolute atomic E-state index is 0.0879. The molecule has 5 aromatic rings. The zero-order valence-corrected chi connectivity index (χ0v) is 22.5. The van der Waals surface area contributed by atoms with Gasteiger partial charge in [-0.25, -0.2) is 22.5 Å². The maximum atomic E-state index is 14.1. The number of hydrogen-bond donors (Lipinski definition) is 3. The van der Waals surface area contributed by atoms with E-state index in [0.29, 0.717) is 28.0 Å². The summed E-state index contributed by atoms with van der Waals surface area (Å²) in [5, 5.41) is 5.11. The molecule has 3 heterocycles. The largest absolute Gasteiger partial charge is 0.434 e. The number of aryl methyl sites for hydroxylation is 2. The smallest absolute Gasteiger partial charge is 0.229 e. The van der Waals surface area contributed by atoms with Crippen molar-refractivity contribution in [2.75, 3.05) is 16.7 Å². The molecule has 3 aromatic heterocycles. The van der Waals surface area contributed by atoms with Gasteiger partial charge in [0.05, 0.1) is 46.3 Å². The third kappa shape index (κ3) is 5.16. The Kier molecular flexibility index (Phi) is 6.52. The van der Waals surface area contributed by atoms with Crippen molar-refractivity contribution in [3.63, 3.8) is 0 Å². The first-order valence-corrected chi connectivity index (χ1v) is 13.8. The lowest BCUT2D eigenvalue weighted by molar-refractivity contribution is 0.103. The fourth-order valence-corrected chi connectivity index (χ4v) is 4.90. The molecule has 4 N–H and O–H groups in total. The summed E-state index contributed by atoms with van der Waals surface area (Å²) in [5.74, 6) is -0.961. The van der Waals surface area contributed by atoms with Crippen LogP contribution in [0.15, 0.2) is 54.9 Å². The zero-order chi connectivity index (χ0) is 28.1. The number of carbonyl (C=O) groups is 1. The number of rotatable bonds is 7. The molecule has 0 radical (unpaired) electrons. The highest BCUT2D eigenvalue weighted by Gasteiger charge is 2.21. The van der Waals surface area contributed by atoms with Crippen molar-refractivity contribution in [2.24, 2.45) is 0 Å². The van der Waals surface area contributed by atoms with Crippen molar-refractivity contribution < 1.29 is 22.3 Å². The number of nitrogens with zero attached hydrogens (tertiary/aromatic N) is 3. The van der Waals surface area contributed by atoms with Crippen LogP contribution in [0, 0.1) is 19.7 Å². The molecule has 5 rings (SSSR count). The number of sulfonamides is 1. The predicted molar refractivity (Wildman–Crippen MR) is 147 cm³/mol. The first-order chi connectivity index (χ1) is 18.4. The number of hydrogen-bond acceptors (Lipinski definition) is 7. The van der Waals surface area contributed by atoms with E-state index in [-0.39, 0.29) is 33.7 Å². The van der Waals surface area contributed by atoms with E-state index in [4.69, 9.17) is 22.1 Å². The number of nitrogen functional groups attached to an aromatic ring is 1. The molecular weight excluding hydrogens is 547 g/mol. The van der Waals surface area contributed by atoms with Crippen LogP contribution in [0.4, 0.5) is 15.9 Å². The fourth-order valence-electron chi connectivity index (χ4n) is 4.08. The number of anilines is 2. The van der Waals surface area contributed by atoms with E-state index in [9.17, 15) is 17.6 Å². The number of fused-ring (bicyclic) bond motifs is 1. The van der Waals surface area contributed by atoms with Gasteiger partial charge in [-0.1, -0.05) is 17.7 Å². The van der Waals surface area contributed by atoms with Gasteiger partial charge in [0.25, 0.3) is 0 Å². The molecule has 39 heavy (non-hydrogen) atoms. The van der Waals surface area contributed by atoms with E-state index >= 15 is 0 Å². The number of ketones is 1. The predicted octanol–water partition coefficient (Wildman–Crippen LogP) is 5.13. The van der Waals surface area contributed by atoms with Crippen LogP contribution in [0.25, 0.3) is 16.6 Å². The number of ether oxygens (including phenoxy) is 1. The quantitative estimate of drug-likeness (QED) is 0.231. The van der Waals surface area contributed by atoms with Crippen molar-refractivity contribution >= 4 is 49.8 Å². The number of nitrogens with one attached hydrogen (secondary N) is 2. The van der Waals surface area contributed by atoms with Crippen LogP contribution in [0.5, 0.6) is 11.6 Å². The number of benzene rings is 2. The number of halogens is 2. The summed E-state index contributed by atoms with van der Waals surface area (Å²) in [4.78, 5) is 20.6. The molecule has 10 nitrogen and oxygen atoms in total. The standard InChI is InChI=1S/C26H22ClFN6O4S/c1-13-7-15-9-21(32-20(15)10-19(13)33-39(3,36)37)24(35)16-11-31-34(26(16)29)22-12-30-23(8-14(22)2)38-25-17(27)5-4-6-18(25)28/h4-12,32-33H,29H2,1-3H3. The van der Waals surface area contributed by atoms with E-state index in [2.05, 4.69) is 19.8 Å². The van der Waals surface area contributed by atoms with Crippen LogP contribution < -0.4 is 15.2 Å². The number of para-hydroxylation sites is 1. The van der Waals surface area contributed by atoms with Crippen LogP contribution in [0.2, 0.25) is 5.02 Å². The monoisotopic (exact) mass is 568 g/mol. The van der Waals surface area contributed by atoms with E-state index < -0.39 is 21.6 Å². The topological polar surface area (TPSA) is 145 Å². The van der Waals surface area contributed by atoms with Crippen LogP contribution in [-0.4, -0.2) is 40.2 Å². The first-order valence-electron chi connectivity index (χ1n) is 11.5. The Labute approximate surface area is 227 Å². The Balaban J connectivity index is 1.43. The highest BCUT2D eigenvalue weighted by atomic mass is 35.5. The number of H-pyrrole nitrogens is 1. The Morgan fingerprint density at radius 2 is 1.92 bits per heavy atom. The fraction of sp³-hybridized carbons (Fsp3) is 0.115. The molecule has 0 aliphatic carbocycles. The number of aromatic amines is 1. The van der Waals surface area contributed by atoms with Crippen LogP contribution >= 0.6 is 11.6 Å². The Bertz CT molecular complexity index is 1860. The van der Waals surface area contributed by atoms with Gasteiger partial charge in [0.1, 0.15) is 5.82 Å². The summed E-state index contributed by atoms with van der Waals surface area (Å²) in [6.07, 6.45) is 3.87. The van der Waals surface area contributed by atoms with Crippen LogP contribution in [0.1, 0.15) is 27.2 Å². The van der Waals surface area contributed by atoms with Gasteiger partial charge in [-0.2, -0.15) is 5.10 Å². The minimum atomic E-state index is -3.47. The first kappa shape index (κ1) is 26.2. The third-order valence-corrected chi connectivity index (χ3v) is 6.86. The Morgan fingerprint density at radius 3 is 2.62 bits per heavy atom. The van der Waals surface area contributed by atoms with Gasteiger partial charge in [-0.15, -0.1) is 0 Å². The lowest BCUT2D eigenvalue weighted by atomic mass is 10.1. The molecule has 0 spiro atoms. The second-order valence-corrected chi connectivity index (χ2v) is 11.1. The molecule has 200 valence electrons. The molecule has 0 atom stereocenters. The SMILES string of the molecule is Cc1cc2cc(C(=O)c3cnn(-c4cnc(Oc5c(F)cccc5Cl)cc4C)c3N)[nH]c2cc1NS(C)(=O)=O. The van der Waals surface area contributed by atoms with Crippen molar-refractivity contribution in [3.8, 4) is 17.3 Å². The molecular formula is C26H22ClFN6O4S.